The highest BCUT2D eigenvalue weighted by molar-refractivity contribution is 9.10. The third-order valence-corrected chi connectivity index (χ3v) is 2.48. The third kappa shape index (κ3) is 2.25. The van der Waals surface area contributed by atoms with E-state index in [2.05, 4.69) is 26.2 Å². The van der Waals surface area contributed by atoms with Gasteiger partial charge in [0.2, 0.25) is 11.6 Å². The van der Waals surface area contributed by atoms with Gasteiger partial charge < -0.3 is 15.3 Å². The maximum absolute atomic E-state index is 11.0. The number of carboxylic acid groups (broad SMARTS) is 1. The van der Waals surface area contributed by atoms with E-state index in [1.807, 2.05) is 0 Å². The fourth-order valence-electron chi connectivity index (χ4n) is 1.40. The zero-order valence-electron chi connectivity index (χ0n) is 8.83. The molecule has 9 heteroatoms. The quantitative estimate of drug-likeness (QED) is 0.845. The first kappa shape index (κ1) is 12.3. The van der Waals surface area contributed by atoms with Crippen molar-refractivity contribution in [3.05, 3.63) is 22.5 Å². The van der Waals surface area contributed by atoms with E-state index in [9.17, 15) is 9.59 Å². The number of hydrogen-bond donors (Lipinski definition) is 2. The van der Waals surface area contributed by atoms with Crippen molar-refractivity contribution in [2.75, 3.05) is 0 Å². The summed E-state index contributed by atoms with van der Waals surface area (Å²) in [5.74, 6) is -1.71. The van der Waals surface area contributed by atoms with E-state index in [1.54, 1.807) is 6.07 Å². The van der Waals surface area contributed by atoms with Crippen molar-refractivity contribution in [3.8, 4) is 11.5 Å². The molecule has 0 spiro atoms. The number of nitrogens with two attached hydrogens (primary N) is 1. The molecule has 18 heavy (non-hydrogen) atoms. The van der Waals surface area contributed by atoms with Crippen LogP contribution in [-0.4, -0.2) is 32.0 Å². The highest BCUT2D eigenvalue weighted by atomic mass is 79.9. The number of carbonyl (C=O) groups is 2. The molecule has 0 saturated heterocycles. The number of hydrogen-bond acceptors (Lipinski definition) is 5. The Morgan fingerprint density at radius 1 is 1.50 bits per heavy atom. The van der Waals surface area contributed by atoms with Gasteiger partial charge in [-0.2, -0.15) is 0 Å². The molecule has 2 rings (SSSR count). The van der Waals surface area contributed by atoms with Crippen LogP contribution < -0.4 is 5.73 Å². The largest absolute Gasteiger partial charge is 0.476 e. The van der Waals surface area contributed by atoms with Crippen LogP contribution in [0.2, 0.25) is 0 Å². The summed E-state index contributed by atoms with van der Waals surface area (Å²) >= 11 is 3.10. The summed E-state index contributed by atoms with van der Waals surface area (Å²) in [5, 5.41) is 16.1. The highest BCUT2D eigenvalue weighted by Crippen LogP contribution is 2.26. The van der Waals surface area contributed by atoms with Crippen molar-refractivity contribution in [1.82, 2.24) is 15.0 Å². The second kappa shape index (κ2) is 4.61. The molecule has 0 radical (unpaired) electrons. The van der Waals surface area contributed by atoms with Gasteiger partial charge in [-0.25, -0.2) is 9.48 Å². The lowest BCUT2D eigenvalue weighted by Crippen LogP contribution is -2.20. The van der Waals surface area contributed by atoms with Crippen molar-refractivity contribution in [1.29, 1.82) is 0 Å². The van der Waals surface area contributed by atoms with Crippen LogP contribution in [0.3, 0.4) is 0 Å². The van der Waals surface area contributed by atoms with Gasteiger partial charge in [0.05, 0.1) is 0 Å². The molecule has 2 heterocycles. The number of aromatic carboxylic acids is 1. The molecule has 8 nitrogen and oxygen atoms in total. The Balaban J connectivity index is 2.56. The van der Waals surface area contributed by atoms with E-state index in [4.69, 9.17) is 15.3 Å². The Kier molecular flexibility index (Phi) is 3.15. The van der Waals surface area contributed by atoms with E-state index in [1.165, 1.54) is 6.07 Å². The van der Waals surface area contributed by atoms with Gasteiger partial charge in [0.25, 0.3) is 0 Å². The van der Waals surface area contributed by atoms with Gasteiger partial charge in [-0.3, -0.25) is 4.79 Å². The molecule has 0 aliphatic carbocycles. The van der Waals surface area contributed by atoms with Crippen LogP contribution >= 0.6 is 15.9 Å². The van der Waals surface area contributed by atoms with Gasteiger partial charge in [-0.1, -0.05) is 5.21 Å². The summed E-state index contributed by atoms with van der Waals surface area (Å²) < 4.78 is 6.74. The van der Waals surface area contributed by atoms with Crippen molar-refractivity contribution in [2.24, 2.45) is 5.73 Å². The molecule has 0 unspecified atom stereocenters. The molecular formula is C9H7BrN4O4. The Hall–Kier alpha value is -2.16. The second-order valence-corrected chi connectivity index (χ2v) is 4.10. The highest BCUT2D eigenvalue weighted by Gasteiger charge is 2.23. The summed E-state index contributed by atoms with van der Waals surface area (Å²) in [6.45, 7) is -0.284. The maximum Gasteiger partial charge on any atom is 0.358 e. The predicted molar refractivity (Wildman–Crippen MR) is 61.6 cm³/mol. The first-order valence-electron chi connectivity index (χ1n) is 4.70. The molecule has 2 aromatic rings. The molecule has 94 valence electrons. The van der Waals surface area contributed by atoms with E-state index in [-0.39, 0.29) is 23.7 Å². The fourth-order valence-corrected chi connectivity index (χ4v) is 1.71. The zero-order chi connectivity index (χ0) is 13.3. The van der Waals surface area contributed by atoms with E-state index >= 15 is 0 Å². The summed E-state index contributed by atoms with van der Waals surface area (Å²) in [4.78, 5) is 21.9. The Morgan fingerprint density at radius 2 is 2.22 bits per heavy atom. The molecule has 0 aromatic carbocycles. The van der Waals surface area contributed by atoms with Gasteiger partial charge >= 0.3 is 5.97 Å². The van der Waals surface area contributed by atoms with Crippen molar-refractivity contribution >= 4 is 27.8 Å². The van der Waals surface area contributed by atoms with Crippen LogP contribution in [0.25, 0.3) is 11.5 Å². The lowest BCUT2D eigenvalue weighted by molar-refractivity contribution is -0.118. The van der Waals surface area contributed by atoms with Crippen LogP contribution in [0.15, 0.2) is 21.2 Å². The molecule has 2 aromatic heterocycles. The van der Waals surface area contributed by atoms with Gasteiger partial charge in [0.15, 0.2) is 10.4 Å². The number of rotatable bonds is 4. The summed E-state index contributed by atoms with van der Waals surface area (Å²) in [5.41, 5.74) is 4.83. The summed E-state index contributed by atoms with van der Waals surface area (Å²) in [6, 6.07) is 3.12. The van der Waals surface area contributed by atoms with Gasteiger partial charge in [0, 0.05) is 0 Å². The van der Waals surface area contributed by atoms with Gasteiger partial charge in [-0.15, -0.1) is 5.10 Å². The predicted octanol–water partition coefficient (Wildman–Crippen LogP) is 0.484. The number of carbonyl (C=O) groups excluding carboxylic acids is 1. The molecule has 0 aliphatic heterocycles. The van der Waals surface area contributed by atoms with Gasteiger partial charge in [0.1, 0.15) is 12.2 Å². The zero-order valence-corrected chi connectivity index (χ0v) is 10.4. The Bertz CT molecular complexity index is 618. The van der Waals surface area contributed by atoms with Crippen molar-refractivity contribution in [3.63, 3.8) is 0 Å². The fraction of sp³-hybridized carbons (Fsp3) is 0.111. The average Bonchev–Trinajstić information content (AvgIpc) is 2.83. The SMILES string of the molecule is NC(=O)Cn1nnc(C(=O)O)c1-c1ccc(Br)o1. The number of furan rings is 1. The number of primary amides is 1. The molecule has 0 bridgehead atoms. The van der Waals surface area contributed by atoms with E-state index in [0.717, 1.165) is 4.68 Å². The van der Waals surface area contributed by atoms with Crippen LogP contribution in [-0.2, 0) is 11.3 Å². The van der Waals surface area contributed by atoms with Crippen molar-refractivity contribution in [2.45, 2.75) is 6.54 Å². The van der Waals surface area contributed by atoms with Crippen molar-refractivity contribution < 1.29 is 19.1 Å². The normalized spacial score (nSPS) is 10.5. The molecule has 0 aliphatic rings. The number of amides is 1. The first-order chi connectivity index (χ1) is 8.49. The first-order valence-corrected chi connectivity index (χ1v) is 5.49. The van der Waals surface area contributed by atoms with E-state index in [0.29, 0.717) is 4.67 Å². The monoisotopic (exact) mass is 314 g/mol. The van der Waals surface area contributed by atoms with Gasteiger partial charge in [-0.05, 0) is 28.1 Å². The number of nitrogens with zero attached hydrogens (tertiary/aromatic N) is 3. The lowest BCUT2D eigenvalue weighted by atomic mass is 10.2. The molecule has 3 N–H and O–H groups in total. The van der Waals surface area contributed by atoms with Crippen LogP contribution in [0.1, 0.15) is 10.5 Å². The summed E-state index contributed by atoms with van der Waals surface area (Å²) in [6.07, 6.45) is 0. The molecule has 0 saturated carbocycles. The third-order valence-electron chi connectivity index (χ3n) is 2.05. The molecule has 0 fully saturated rings. The molecule has 0 atom stereocenters. The molecule has 1 amide bonds. The standard InChI is InChI=1S/C9H7BrN4O4/c10-5-2-1-4(18-5)8-7(9(16)17)12-13-14(8)3-6(11)15/h1-2H,3H2,(H2,11,15)(H,16,17). The minimum atomic E-state index is -1.27. The molecular weight excluding hydrogens is 308 g/mol. The number of aromatic nitrogens is 3. The summed E-state index contributed by atoms with van der Waals surface area (Å²) in [7, 11) is 0. The van der Waals surface area contributed by atoms with E-state index < -0.39 is 11.9 Å². The van der Waals surface area contributed by atoms with Crippen LogP contribution in [0, 0.1) is 0 Å². The maximum atomic E-state index is 11.0. The number of halogens is 1. The smallest absolute Gasteiger partial charge is 0.358 e. The minimum absolute atomic E-state index is 0.0898. The van der Waals surface area contributed by atoms with Crippen LogP contribution in [0.4, 0.5) is 0 Å². The Labute approximate surface area is 108 Å². The number of carboxylic acids is 1. The lowest BCUT2D eigenvalue weighted by Gasteiger charge is -2.01. The minimum Gasteiger partial charge on any atom is -0.476 e. The topological polar surface area (TPSA) is 124 Å². The average molecular weight is 315 g/mol. The Morgan fingerprint density at radius 3 is 2.72 bits per heavy atom. The second-order valence-electron chi connectivity index (χ2n) is 3.32. The van der Waals surface area contributed by atoms with Crippen LogP contribution in [0.5, 0.6) is 0 Å².